The molecule has 4 nitrogen and oxygen atoms in total. The molecule has 0 aliphatic rings. The highest BCUT2D eigenvalue weighted by Crippen LogP contribution is 2.27. The Morgan fingerprint density at radius 2 is 1.33 bits per heavy atom. The highest BCUT2D eigenvalue weighted by atomic mass is 32.2. The molecular weight excluding hydrogens is 344 g/mol. The van der Waals surface area contributed by atoms with Gasteiger partial charge < -0.3 is 0 Å². The monoisotopic (exact) mass is 364 g/mol. The van der Waals surface area contributed by atoms with Crippen molar-refractivity contribution in [1.82, 2.24) is 0 Å². The van der Waals surface area contributed by atoms with Gasteiger partial charge in [-0.3, -0.25) is 0 Å². The van der Waals surface area contributed by atoms with E-state index >= 15 is 0 Å². The second kappa shape index (κ2) is 7.32. The molecule has 1 unspecified atom stereocenters. The van der Waals surface area contributed by atoms with Crippen LogP contribution >= 0.6 is 0 Å². The molecule has 0 fully saturated rings. The summed E-state index contributed by atoms with van der Waals surface area (Å²) in [4.78, 5) is 0.486. The highest BCUT2D eigenvalue weighted by molar-refractivity contribution is 7.95. The summed E-state index contributed by atoms with van der Waals surface area (Å²) in [5.41, 5.74) is 0. The fourth-order valence-corrected chi connectivity index (χ4v) is 5.99. The van der Waals surface area contributed by atoms with Crippen molar-refractivity contribution < 1.29 is 16.8 Å². The lowest BCUT2D eigenvalue weighted by molar-refractivity contribution is 0.582. The van der Waals surface area contributed by atoms with E-state index in [9.17, 15) is 16.8 Å². The average molecular weight is 364 g/mol. The Labute approximate surface area is 143 Å². The summed E-state index contributed by atoms with van der Waals surface area (Å²) in [6.07, 6.45) is 1.48. The van der Waals surface area contributed by atoms with Gasteiger partial charge in [0.25, 0.3) is 0 Å². The summed E-state index contributed by atoms with van der Waals surface area (Å²) in [5, 5.41) is 0. The van der Waals surface area contributed by atoms with Crippen LogP contribution in [0.4, 0.5) is 0 Å². The van der Waals surface area contributed by atoms with E-state index in [1.54, 1.807) is 50.2 Å². The Hall–Kier alpha value is -1.92. The van der Waals surface area contributed by atoms with Crippen LogP contribution < -0.4 is 0 Å². The number of benzene rings is 2. The fraction of sp³-hybridized carbons (Fsp3) is 0.222. The van der Waals surface area contributed by atoms with Crippen molar-refractivity contribution in [3.8, 4) is 0 Å². The van der Waals surface area contributed by atoms with Gasteiger partial charge in [0.05, 0.1) is 15.5 Å². The van der Waals surface area contributed by atoms with E-state index in [0.717, 1.165) is 0 Å². The van der Waals surface area contributed by atoms with Crippen molar-refractivity contribution in [2.24, 2.45) is 5.92 Å². The SMILES string of the molecule is C/C=C(\C(C)CS(=O)(=O)c1ccccc1)S(=O)(=O)c1ccccc1. The molecule has 6 heteroatoms. The molecule has 0 amide bonds. The quantitative estimate of drug-likeness (QED) is 0.787. The van der Waals surface area contributed by atoms with E-state index in [1.807, 2.05) is 0 Å². The van der Waals surface area contributed by atoms with Crippen LogP contribution in [0.15, 0.2) is 81.4 Å². The summed E-state index contributed by atoms with van der Waals surface area (Å²) in [7, 11) is -7.27. The van der Waals surface area contributed by atoms with E-state index in [0.29, 0.717) is 0 Å². The topological polar surface area (TPSA) is 68.3 Å². The van der Waals surface area contributed by atoms with Crippen LogP contribution in [0.3, 0.4) is 0 Å². The first-order valence-electron chi connectivity index (χ1n) is 7.53. The molecule has 128 valence electrons. The fourth-order valence-electron chi connectivity index (χ4n) is 2.58. The van der Waals surface area contributed by atoms with E-state index < -0.39 is 25.6 Å². The van der Waals surface area contributed by atoms with Gasteiger partial charge in [-0.05, 0) is 31.2 Å². The highest BCUT2D eigenvalue weighted by Gasteiger charge is 2.28. The first-order chi connectivity index (χ1) is 11.3. The van der Waals surface area contributed by atoms with E-state index in [1.165, 1.54) is 30.3 Å². The molecule has 0 bridgehead atoms. The molecule has 1 atom stereocenters. The summed E-state index contributed by atoms with van der Waals surface area (Å²) in [6, 6.07) is 16.1. The molecule has 0 saturated heterocycles. The maximum absolute atomic E-state index is 12.8. The molecule has 0 N–H and O–H groups in total. The summed E-state index contributed by atoms with van der Waals surface area (Å²) in [6.45, 7) is 3.23. The van der Waals surface area contributed by atoms with Crippen molar-refractivity contribution in [2.75, 3.05) is 5.75 Å². The molecule has 0 heterocycles. The van der Waals surface area contributed by atoms with Crippen LogP contribution in [-0.4, -0.2) is 22.6 Å². The van der Waals surface area contributed by atoms with Gasteiger partial charge in [-0.1, -0.05) is 49.4 Å². The largest absolute Gasteiger partial charge is 0.224 e. The molecule has 0 spiro atoms. The maximum atomic E-state index is 12.8. The number of hydrogen-bond donors (Lipinski definition) is 0. The first-order valence-corrected chi connectivity index (χ1v) is 10.7. The predicted molar refractivity (Wildman–Crippen MR) is 95.0 cm³/mol. The van der Waals surface area contributed by atoms with Gasteiger partial charge in [0.15, 0.2) is 9.84 Å². The minimum absolute atomic E-state index is 0.119. The molecular formula is C18H20O4S2. The van der Waals surface area contributed by atoms with E-state index in [-0.39, 0.29) is 20.4 Å². The molecule has 24 heavy (non-hydrogen) atoms. The molecule has 2 rings (SSSR count). The van der Waals surface area contributed by atoms with Gasteiger partial charge in [-0.15, -0.1) is 0 Å². The molecule has 0 radical (unpaired) electrons. The van der Waals surface area contributed by atoms with Gasteiger partial charge >= 0.3 is 0 Å². The Morgan fingerprint density at radius 1 is 0.875 bits per heavy atom. The predicted octanol–water partition coefficient (Wildman–Crippen LogP) is 3.47. The van der Waals surface area contributed by atoms with E-state index in [4.69, 9.17) is 0 Å². The lowest BCUT2D eigenvalue weighted by Crippen LogP contribution is -2.20. The van der Waals surface area contributed by atoms with Crippen LogP contribution in [-0.2, 0) is 19.7 Å². The summed E-state index contributed by atoms with van der Waals surface area (Å²) in [5.74, 6) is -0.909. The van der Waals surface area contributed by atoms with Gasteiger partial charge in [0.1, 0.15) is 0 Å². The van der Waals surface area contributed by atoms with Crippen molar-refractivity contribution in [3.63, 3.8) is 0 Å². The molecule has 0 aromatic heterocycles. The second-order valence-corrected chi connectivity index (χ2v) is 9.49. The normalized spacial score (nSPS) is 14.3. The van der Waals surface area contributed by atoms with E-state index in [2.05, 4.69) is 0 Å². The Balaban J connectivity index is 2.33. The zero-order valence-corrected chi connectivity index (χ0v) is 15.2. The van der Waals surface area contributed by atoms with Gasteiger partial charge in [-0.25, -0.2) is 16.8 Å². The number of allylic oxidation sites excluding steroid dienone is 2. The lowest BCUT2D eigenvalue weighted by atomic mass is 10.2. The Kier molecular flexibility index (Phi) is 5.62. The molecule has 0 saturated carbocycles. The zero-order chi connectivity index (χ0) is 17.8. The number of rotatable bonds is 6. The van der Waals surface area contributed by atoms with Gasteiger partial charge in [-0.2, -0.15) is 0 Å². The smallest absolute Gasteiger partial charge is 0.202 e. The maximum Gasteiger partial charge on any atom is 0.202 e. The summed E-state index contributed by atoms with van der Waals surface area (Å²) >= 11 is 0. The minimum Gasteiger partial charge on any atom is -0.224 e. The Bertz CT molecular complexity index is 913. The number of sulfone groups is 2. The third-order valence-electron chi connectivity index (χ3n) is 3.71. The average Bonchev–Trinajstić information content (AvgIpc) is 2.56. The van der Waals surface area contributed by atoms with Crippen molar-refractivity contribution >= 4 is 19.7 Å². The van der Waals surface area contributed by atoms with Gasteiger partial charge in [0, 0.05) is 10.8 Å². The van der Waals surface area contributed by atoms with Crippen molar-refractivity contribution in [2.45, 2.75) is 23.6 Å². The van der Waals surface area contributed by atoms with Crippen LogP contribution in [0.2, 0.25) is 0 Å². The second-order valence-electron chi connectivity index (χ2n) is 5.50. The number of hydrogen-bond acceptors (Lipinski definition) is 4. The molecule has 0 aliphatic heterocycles. The van der Waals surface area contributed by atoms with Crippen LogP contribution in [0.25, 0.3) is 0 Å². The third-order valence-corrected chi connectivity index (χ3v) is 7.79. The summed E-state index contributed by atoms with van der Waals surface area (Å²) < 4.78 is 50.5. The lowest BCUT2D eigenvalue weighted by Gasteiger charge is -2.17. The molecule has 2 aromatic rings. The van der Waals surface area contributed by atoms with Gasteiger partial charge in [0.2, 0.25) is 9.84 Å². The third kappa shape index (κ3) is 3.94. The van der Waals surface area contributed by atoms with Crippen LogP contribution in [0.5, 0.6) is 0 Å². The first kappa shape index (κ1) is 18.4. The van der Waals surface area contributed by atoms with Crippen LogP contribution in [0, 0.1) is 5.92 Å². The molecule has 0 aliphatic carbocycles. The zero-order valence-electron chi connectivity index (χ0n) is 13.6. The Morgan fingerprint density at radius 3 is 1.79 bits per heavy atom. The minimum atomic E-state index is -3.71. The molecule has 2 aromatic carbocycles. The van der Waals surface area contributed by atoms with Crippen molar-refractivity contribution in [1.29, 1.82) is 0 Å². The standard InChI is InChI=1S/C18H20O4S2/c1-3-18(24(21,22)17-12-8-5-9-13-17)15(2)14-23(19,20)16-10-6-4-7-11-16/h3-13,15H,14H2,1-2H3/b18-3+. The van der Waals surface area contributed by atoms with Crippen LogP contribution in [0.1, 0.15) is 13.8 Å². The van der Waals surface area contributed by atoms with Crippen molar-refractivity contribution in [3.05, 3.63) is 71.6 Å².